The SMILES string of the molecule is CC(=O)N1CCN(CC(O)Cn2nc(-c3ccc(C(F)(F)F)c(SCCN4CCCCC4)c3)c3c2CCNC3)CC1. The van der Waals surface area contributed by atoms with Crippen LogP contribution in [0.15, 0.2) is 23.1 Å². The molecule has 2 fully saturated rings. The van der Waals surface area contributed by atoms with E-state index in [0.717, 1.165) is 56.7 Å². The lowest BCUT2D eigenvalue weighted by molar-refractivity contribution is -0.139. The van der Waals surface area contributed by atoms with E-state index >= 15 is 0 Å². The van der Waals surface area contributed by atoms with Crippen LogP contribution in [0.1, 0.15) is 43.0 Å². The first-order chi connectivity index (χ1) is 19.7. The monoisotopic (exact) mass is 594 g/mol. The van der Waals surface area contributed by atoms with Gasteiger partial charge in [0.2, 0.25) is 5.91 Å². The molecule has 2 aromatic rings. The van der Waals surface area contributed by atoms with E-state index in [1.165, 1.54) is 30.3 Å². The molecule has 0 saturated carbocycles. The van der Waals surface area contributed by atoms with E-state index in [4.69, 9.17) is 5.10 Å². The Balaban J connectivity index is 1.32. The molecular formula is C29H41F3N6O2S. The van der Waals surface area contributed by atoms with Gasteiger partial charge in [0.1, 0.15) is 0 Å². The lowest BCUT2D eigenvalue weighted by Crippen LogP contribution is -2.50. The number of aliphatic hydroxyl groups is 1. The van der Waals surface area contributed by atoms with E-state index in [1.54, 1.807) is 13.0 Å². The highest BCUT2D eigenvalue weighted by molar-refractivity contribution is 7.99. The minimum absolute atomic E-state index is 0.0707. The summed E-state index contributed by atoms with van der Waals surface area (Å²) >= 11 is 1.27. The van der Waals surface area contributed by atoms with Crippen molar-refractivity contribution in [3.63, 3.8) is 0 Å². The number of aliphatic hydroxyl groups excluding tert-OH is 1. The zero-order chi connectivity index (χ0) is 29.0. The molecule has 0 bridgehead atoms. The number of fused-ring (bicyclic) bond motifs is 1. The molecule has 4 heterocycles. The number of aromatic nitrogens is 2. The molecule has 2 saturated heterocycles. The summed E-state index contributed by atoms with van der Waals surface area (Å²) < 4.78 is 43.7. The number of hydrogen-bond donors (Lipinski definition) is 2. The number of amides is 1. The molecule has 3 aliphatic heterocycles. The third-order valence-corrected chi connectivity index (χ3v) is 9.39. The van der Waals surface area contributed by atoms with Gasteiger partial charge in [0.15, 0.2) is 0 Å². The van der Waals surface area contributed by atoms with Crippen molar-refractivity contribution in [2.24, 2.45) is 0 Å². The van der Waals surface area contributed by atoms with Gasteiger partial charge >= 0.3 is 6.18 Å². The van der Waals surface area contributed by atoms with Crippen molar-refractivity contribution in [2.45, 2.75) is 62.9 Å². The molecule has 1 aromatic carbocycles. The zero-order valence-corrected chi connectivity index (χ0v) is 24.6. The van der Waals surface area contributed by atoms with Crippen LogP contribution in [0, 0.1) is 0 Å². The maximum Gasteiger partial charge on any atom is 0.417 e. The number of alkyl halides is 3. The first-order valence-electron chi connectivity index (χ1n) is 14.7. The van der Waals surface area contributed by atoms with Crippen LogP contribution in [0.2, 0.25) is 0 Å². The summed E-state index contributed by atoms with van der Waals surface area (Å²) in [5, 5.41) is 19.2. The van der Waals surface area contributed by atoms with Crippen LogP contribution in [0.5, 0.6) is 0 Å². The molecule has 0 aliphatic carbocycles. The number of carbonyl (C=O) groups excluding carboxylic acids is 1. The number of piperidine rings is 1. The van der Waals surface area contributed by atoms with E-state index in [1.807, 2.05) is 9.58 Å². The van der Waals surface area contributed by atoms with Gasteiger partial charge in [0.25, 0.3) is 0 Å². The van der Waals surface area contributed by atoms with Crippen LogP contribution in [0.25, 0.3) is 11.3 Å². The van der Waals surface area contributed by atoms with Crippen LogP contribution >= 0.6 is 11.8 Å². The molecule has 1 atom stereocenters. The van der Waals surface area contributed by atoms with Gasteiger partial charge in [0.05, 0.1) is 23.9 Å². The fourth-order valence-corrected chi connectivity index (χ4v) is 7.21. The Kier molecular flexibility index (Phi) is 9.96. The summed E-state index contributed by atoms with van der Waals surface area (Å²) in [6.45, 7) is 9.29. The Bertz CT molecular complexity index is 1190. The number of rotatable bonds is 9. The van der Waals surface area contributed by atoms with Crippen molar-refractivity contribution >= 4 is 17.7 Å². The predicted octanol–water partition coefficient (Wildman–Crippen LogP) is 3.32. The van der Waals surface area contributed by atoms with E-state index in [9.17, 15) is 23.1 Å². The standard InChI is InChI=1S/C29H41F3N6O2S/c1-21(39)37-13-11-36(12-14-37)19-23(40)20-38-26-7-8-33-18-24(26)28(34-38)22-5-6-25(29(30,31)32)27(17-22)41-16-15-35-9-3-2-4-10-35/h5-6,17,23,33,40H,2-4,7-16,18-20H2,1H3. The van der Waals surface area contributed by atoms with Crippen molar-refractivity contribution in [1.82, 2.24) is 29.8 Å². The second kappa shape index (κ2) is 13.5. The molecule has 1 amide bonds. The Labute approximate surface area is 244 Å². The number of β-amino-alcohol motifs (C(OH)–C–C–N with tert-alkyl or cyclic N) is 1. The third-order valence-electron chi connectivity index (χ3n) is 8.35. The lowest BCUT2D eigenvalue weighted by atomic mass is 10.0. The number of likely N-dealkylation sites (tertiary alicyclic amines) is 1. The minimum Gasteiger partial charge on any atom is -0.390 e. The smallest absolute Gasteiger partial charge is 0.390 e. The maximum absolute atomic E-state index is 13.9. The van der Waals surface area contributed by atoms with Crippen LogP contribution in [0.3, 0.4) is 0 Å². The number of carbonyl (C=O) groups is 1. The molecule has 5 rings (SSSR count). The topological polar surface area (TPSA) is 76.9 Å². The van der Waals surface area contributed by atoms with Crippen molar-refractivity contribution in [3.05, 3.63) is 35.0 Å². The summed E-state index contributed by atoms with van der Waals surface area (Å²) in [6, 6.07) is 4.37. The van der Waals surface area contributed by atoms with Gasteiger partial charge in [0, 0.05) is 93.2 Å². The Morgan fingerprint density at radius 1 is 1.07 bits per heavy atom. The van der Waals surface area contributed by atoms with Crippen LogP contribution in [0.4, 0.5) is 13.2 Å². The quantitative estimate of drug-likeness (QED) is 0.432. The van der Waals surface area contributed by atoms with Gasteiger partial charge in [-0.05, 0) is 38.1 Å². The second-order valence-corrected chi connectivity index (χ2v) is 12.4. The molecule has 3 aliphatic rings. The zero-order valence-electron chi connectivity index (χ0n) is 23.8. The number of nitrogens with zero attached hydrogens (tertiary/aromatic N) is 5. The first kappa shape index (κ1) is 30.3. The van der Waals surface area contributed by atoms with Crippen LogP contribution in [-0.2, 0) is 30.5 Å². The summed E-state index contributed by atoms with van der Waals surface area (Å²) in [5.74, 6) is 0.675. The van der Waals surface area contributed by atoms with E-state index in [-0.39, 0.29) is 10.8 Å². The summed E-state index contributed by atoms with van der Waals surface area (Å²) in [7, 11) is 0. The third kappa shape index (κ3) is 7.64. The Morgan fingerprint density at radius 3 is 2.54 bits per heavy atom. The van der Waals surface area contributed by atoms with E-state index in [0.29, 0.717) is 62.8 Å². The first-order valence-corrected chi connectivity index (χ1v) is 15.7. The number of thioether (sulfide) groups is 1. The summed E-state index contributed by atoms with van der Waals surface area (Å²) in [6.07, 6.45) is -0.803. The molecule has 12 heteroatoms. The largest absolute Gasteiger partial charge is 0.417 e. The van der Waals surface area contributed by atoms with Gasteiger partial charge in [-0.15, -0.1) is 11.8 Å². The predicted molar refractivity (Wildman–Crippen MR) is 154 cm³/mol. The molecular weight excluding hydrogens is 553 g/mol. The van der Waals surface area contributed by atoms with Crippen molar-refractivity contribution in [3.8, 4) is 11.3 Å². The molecule has 8 nitrogen and oxygen atoms in total. The molecule has 2 N–H and O–H groups in total. The number of benzene rings is 1. The highest BCUT2D eigenvalue weighted by Gasteiger charge is 2.34. The van der Waals surface area contributed by atoms with E-state index < -0.39 is 17.8 Å². The second-order valence-electron chi connectivity index (χ2n) is 11.3. The number of piperazine rings is 1. The van der Waals surface area contributed by atoms with Crippen LogP contribution < -0.4 is 5.32 Å². The van der Waals surface area contributed by atoms with Gasteiger partial charge in [-0.25, -0.2) is 0 Å². The minimum atomic E-state index is -4.42. The van der Waals surface area contributed by atoms with Gasteiger partial charge < -0.3 is 20.2 Å². The number of nitrogens with one attached hydrogen (secondary N) is 1. The molecule has 1 unspecified atom stereocenters. The highest BCUT2D eigenvalue weighted by Crippen LogP contribution is 2.40. The average Bonchev–Trinajstić information content (AvgIpc) is 3.31. The molecule has 0 spiro atoms. The average molecular weight is 595 g/mol. The Hall–Kier alpha value is -2.12. The molecule has 41 heavy (non-hydrogen) atoms. The molecule has 1 aromatic heterocycles. The molecule has 226 valence electrons. The van der Waals surface area contributed by atoms with Crippen molar-refractivity contribution < 1.29 is 23.1 Å². The van der Waals surface area contributed by atoms with Gasteiger partial charge in [-0.1, -0.05) is 12.5 Å². The summed E-state index contributed by atoms with van der Waals surface area (Å²) in [5.41, 5.74) is 2.77. The number of hydrogen-bond acceptors (Lipinski definition) is 7. The molecule has 0 radical (unpaired) electrons. The van der Waals surface area contributed by atoms with E-state index in [2.05, 4.69) is 15.1 Å². The maximum atomic E-state index is 13.9. The number of halogens is 3. The highest BCUT2D eigenvalue weighted by atomic mass is 32.2. The van der Waals surface area contributed by atoms with Gasteiger partial charge in [-0.2, -0.15) is 18.3 Å². The fraction of sp³-hybridized carbons (Fsp3) is 0.655. The van der Waals surface area contributed by atoms with Gasteiger partial charge in [-0.3, -0.25) is 14.4 Å². The van der Waals surface area contributed by atoms with Crippen LogP contribution in [-0.4, -0.2) is 106 Å². The fourth-order valence-electron chi connectivity index (χ4n) is 6.09. The Morgan fingerprint density at radius 2 is 1.83 bits per heavy atom. The van der Waals surface area contributed by atoms with Crippen molar-refractivity contribution in [2.75, 3.05) is 64.7 Å². The lowest BCUT2D eigenvalue weighted by Gasteiger charge is -2.35. The summed E-state index contributed by atoms with van der Waals surface area (Å²) in [4.78, 5) is 18.2. The van der Waals surface area contributed by atoms with Crippen molar-refractivity contribution in [1.29, 1.82) is 0 Å². The normalized spacial score (nSPS) is 19.8.